The van der Waals surface area contributed by atoms with E-state index in [1.165, 1.54) is 16.3 Å². The van der Waals surface area contributed by atoms with E-state index in [4.69, 9.17) is 9.72 Å². The molecule has 0 fully saturated rings. The van der Waals surface area contributed by atoms with Gasteiger partial charge in [-0.2, -0.15) is 0 Å². The van der Waals surface area contributed by atoms with E-state index in [0.717, 1.165) is 66.9 Å². The average molecular weight is 506 g/mol. The van der Waals surface area contributed by atoms with Crippen molar-refractivity contribution in [3.63, 3.8) is 0 Å². The minimum atomic E-state index is 0.00130. The van der Waals surface area contributed by atoms with E-state index in [1.807, 2.05) is 43.3 Å². The third kappa shape index (κ3) is 6.41. The maximum Gasteiger partial charge on any atom is 0.251 e. The van der Waals surface area contributed by atoms with Crippen LogP contribution in [0.1, 0.15) is 47.4 Å². The van der Waals surface area contributed by atoms with Crippen LogP contribution in [0.3, 0.4) is 0 Å². The molecule has 0 bridgehead atoms. The molecule has 0 saturated heterocycles. The van der Waals surface area contributed by atoms with Gasteiger partial charge in [0.25, 0.3) is 5.91 Å². The molecule has 5 rings (SSSR count). The van der Waals surface area contributed by atoms with Crippen LogP contribution in [0, 0.1) is 6.92 Å². The number of hydrogen-bond donors (Lipinski definition) is 1. The van der Waals surface area contributed by atoms with Gasteiger partial charge in [0, 0.05) is 25.1 Å². The largest absolute Gasteiger partial charge is 0.494 e. The Bertz CT molecular complexity index is 1520. The van der Waals surface area contributed by atoms with Crippen molar-refractivity contribution in [2.24, 2.45) is 0 Å². The monoisotopic (exact) mass is 505 g/mol. The highest BCUT2D eigenvalue weighted by Gasteiger charge is 2.11. The van der Waals surface area contributed by atoms with Crippen molar-refractivity contribution in [1.82, 2.24) is 14.9 Å². The number of unbranched alkanes of at least 4 members (excludes halogenated alkanes) is 2. The standard InChI is InChI=1S/C33H35N3O2/c1-25-11-9-14-28(23-25)33(37)34-20-8-2-3-17-32-35-30-15-6-7-16-31(30)36(32)21-10-22-38-29-19-18-26-12-4-5-13-27(26)24-29/h4-7,9,11-16,18-19,23-24H,2-3,8,10,17,20-22H2,1H3,(H,34,37). The summed E-state index contributed by atoms with van der Waals surface area (Å²) in [6.45, 7) is 4.22. The molecule has 194 valence electrons. The third-order valence-corrected chi connectivity index (χ3v) is 6.89. The summed E-state index contributed by atoms with van der Waals surface area (Å²) in [5, 5.41) is 5.46. The number of carbonyl (C=O) groups is 1. The summed E-state index contributed by atoms with van der Waals surface area (Å²) in [4.78, 5) is 17.3. The van der Waals surface area contributed by atoms with E-state index < -0.39 is 0 Å². The lowest BCUT2D eigenvalue weighted by atomic mass is 10.1. The molecule has 1 aromatic heterocycles. The molecule has 38 heavy (non-hydrogen) atoms. The Kier molecular flexibility index (Phi) is 8.34. The van der Waals surface area contributed by atoms with Gasteiger partial charge in [-0.25, -0.2) is 4.98 Å². The summed E-state index contributed by atoms with van der Waals surface area (Å²) < 4.78 is 8.43. The molecule has 0 aliphatic rings. The van der Waals surface area contributed by atoms with E-state index in [1.54, 1.807) is 0 Å². The molecular formula is C33H35N3O2. The second kappa shape index (κ2) is 12.4. The smallest absolute Gasteiger partial charge is 0.251 e. The lowest BCUT2D eigenvalue weighted by molar-refractivity contribution is 0.0953. The van der Waals surface area contributed by atoms with E-state index in [-0.39, 0.29) is 5.91 Å². The maximum atomic E-state index is 12.3. The zero-order chi connectivity index (χ0) is 26.2. The van der Waals surface area contributed by atoms with Crippen LogP contribution in [0.4, 0.5) is 0 Å². The second-order valence-corrected chi connectivity index (χ2v) is 9.82. The second-order valence-electron chi connectivity index (χ2n) is 9.82. The number of aryl methyl sites for hydroxylation is 3. The van der Waals surface area contributed by atoms with Crippen molar-refractivity contribution in [3.8, 4) is 5.75 Å². The number of aromatic nitrogens is 2. The molecule has 0 aliphatic carbocycles. The van der Waals surface area contributed by atoms with Gasteiger partial charge in [0.15, 0.2) is 0 Å². The minimum Gasteiger partial charge on any atom is -0.494 e. The van der Waals surface area contributed by atoms with Crippen LogP contribution in [0.15, 0.2) is 91.0 Å². The van der Waals surface area contributed by atoms with Crippen LogP contribution < -0.4 is 10.1 Å². The zero-order valence-electron chi connectivity index (χ0n) is 22.0. The van der Waals surface area contributed by atoms with Crippen LogP contribution in [0.5, 0.6) is 5.75 Å². The van der Waals surface area contributed by atoms with Gasteiger partial charge in [-0.05, 0) is 73.4 Å². The zero-order valence-corrected chi connectivity index (χ0v) is 22.0. The average Bonchev–Trinajstić information content (AvgIpc) is 3.30. The highest BCUT2D eigenvalue weighted by molar-refractivity contribution is 5.94. The van der Waals surface area contributed by atoms with Crippen LogP contribution in [-0.2, 0) is 13.0 Å². The summed E-state index contributed by atoms with van der Waals surface area (Å²) in [7, 11) is 0. The number of amides is 1. The molecule has 1 heterocycles. The molecule has 0 atom stereocenters. The number of hydrogen-bond acceptors (Lipinski definition) is 3. The quantitative estimate of drug-likeness (QED) is 0.184. The SMILES string of the molecule is Cc1cccc(C(=O)NCCCCCc2nc3ccccc3n2CCCOc2ccc3ccccc3c2)c1. The Morgan fingerprint density at radius 2 is 1.68 bits per heavy atom. The van der Waals surface area contributed by atoms with Crippen molar-refractivity contribution >= 4 is 27.7 Å². The van der Waals surface area contributed by atoms with Crippen LogP contribution in [-0.4, -0.2) is 28.6 Å². The van der Waals surface area contributed by atoms with E-state index in [9.17, 15) is 4.79 Å². The predicted molar refractivity (Wildman–Crippen MR) is 155 cm³/mol. The molecule has 5 nitrogen and oxygen atoms in total. The normalized spacial score (nSPS) is 11.2. The summed E-state index contributed by atoms with van der Waals surface area (Å²) in [5.74, 6) is 2.04. The number of ether oxygens (including phenoxy) is 1. The predicted octanol–water partition coefficient (Wildman–Crippen LogP) is 7.11. The fraction of sp³-hybridized carbons (Fsp3) is 0.273. The number of carbonyl (C=O) groups excluding carboxylic acids is 1. The molecule has 0 saturated carbocycles. The van der Waals surface area contributed by atoms with Gasteiger partial charge < -0.3 is 14.6 Å². The van der Waals surface area contributed by atoms with Gasteiger partial charge in [-0.1, -0.05) is 66.6 Å². The lowest BCUT2D eigenvalue weighted by Gasteiger charge is -2.11. The summed E-state index contributed by atoms with van der Waals surface area (Å²) in [6, 6.07) is 30.7. The van der Waals surface area contributed by atoms with Gasteiger partial charge in [0.2, 0.25) is 0 Å². The number of rotatable bonds is 12. The Morgan fingerprint density at radius 1 is 0.842 bits per heavy atom. The summed E-state index contributed by atoms with van der Waals surface area (Å²) >= 11 is 0. The van der Waals surface area contributed by atoms with Gasteiger partial charge in [0.1, 0.15) is 11.6 Å². The Morgan fingerprint density at radius 3 is 2.58 bits per heavy atom. The first-order valence-corrected chi connectivity index (χ1v) is 13.6. The minimum absolute atomic E-state index is 0.00130. The molecule has 0 spiro atoms. The first-order chi connectivity index (χ1) is 18.7. The molecule has 0 aliphatic heterocycles. The maximum absolute atomic E-state index is 12.3. The number of imidazole rings is 1. The topological polar surface area (TPSA) is 56.2 Å². The number of nitrogens with zero attached hydrogens (tertiary/aromatic N) is 2. The van der Waals surface area contributed by atoms with Crippen LogP contribution in [0.2, 0.25) is 0 Å². The van der Waals surface area contributed by atoms with E-state index in [0.29, 0.717) is 13.2 Å². The summed E-state index contributed by atoms with van der Waals surface area (Å²) in [6.07, 6.45) is 4.87. The van der Waals surface area contributed by atoms with Crippen LogP contribution in [0.25, 0.3) is 21.8 Å². The fourth-order valence-electron chi connectivity index (χ4n) is 4.91. The van der Waals surface area contributed by atoms with Crippen molar-refractivity contribution in [2.75, 3.05) is 13.2 Å². The molecule has 1 N–H and O–H groups in total. The van der Waals surface area contributed by atoms with Crippen molar-refractivity contribution in [3.05, 3.63) is 108 Å². The third-order valence-electron chi connectivity index (χ3n) is 6.89. The van der Waals surface area contributed by atoms with E-state index in [2.05, 4.69) is 64.5 Å². The van der Waals surface area contributed by atoms with Crippen LogP contribution >= 0.6 is 0 Å². The highest BCUT2D eigenvalue weighted by Crippen LogP contribution is 2.22. The van der Waals surface area contributed by atoms with Gasteiger partial charge in [-0.15, -0.1) is 0 Å². The van der Waals surface area contributed by atoms with Gasteiger partial charge in [-0.3, -0.25) is 4.79 Å². The van der Waals surface area contributed by atoms with Crippen molar-refractivity contribution in [1.29, 1.82) is 0 Å². The molecule has 1 amide bonds. The number of fused-ring (bicyclic) bond motifs is 2. The van der Waals surface area contributed by atoms with Crippen molar-refractivity contribution in [2.45, 2.75) is 45.6 Å². The number of nitrogens with one attached hydrogen (secondary N) is 1. The molecule has 5 heteroatoms. The van der Waals surface area contributed by atoms with Gasteiger partial charge >= 0.3 is 0 Å². The molecule has 4 aromatic carbocycles. The van der Waals surface area contributed by atoms with Gasteiger partial charge in [0.05, 0.1) is 17.6 Å². The van der Waals surface area contributed by atoms with E-state index >= 15 is 0 Å². The van der Waals surface area contributed by atoms with Crippen molar-refractivity contribution < 1.29 is 9.53 Å². The number of benzene rings is 4. The fourth-order valence-corrected chi connectivity index (χ4v) is 4.91. The Hall–Kier alpha value is -4.12. The number of para-hydroxylation sites is 2. The lowest BCUT2D eigenvalue weighted by Crippen LogP contribution is -2.24. The Labute approximate surface area is 224 Å². The molecule has 0 unspecified atom stereocenters. The first-order valence-electron chi connectivity index (χ1n) is 13.6. The highest BCUT2D eigenvalue weighted by atomic mass is 16.5. The molecule has 5 aromatic rings. The Balaban J connectivity index is 1.10. The first kappa shape index (κ1) is 25.5. The molecule has 0 radical (unpaired) electrons. The summed E-state index contributed by atoms with van der Waals surface area (Å²) in [5.41, 5.74) is 4.05. The molecular weight excluding hydrogens is 470 g/mol.